The Bertz CT molecular complexity index is 695. The van der Waals surface area contributed by atoms with Crippen LogP contribution in [0.25, 0.3) is 0 Å². The molecule has 0 saturated heterocycles. The van der Waals surface area contributed by atoms with Crippen molar-refractivity contribution in [1.82, 2.24) is 10.6 Å². The Labute approximate surface area is 138 Å². The van der Waals surface area contributed by atoms with Crippen LogP contribution in [0.4, 0.5) is 5.69 Å². The van der Waals surface area contributed by atoms with Gasteiger partial charge >= 0.3 is 0 Å². The Balaban J connectivity index is 1.66. The Morgan fingerprint density at radius 2 is 1.83 bits per heavy atom. The minimum atomic E-state index is -0.533. The van der Waals surface area contributed by atoms with Gasteiger partial charge in [0.15, 0.2) is 0 Å². The molecule has 1 aromatic heterocycles. The molecule has 0 radical (unpaired) electrons. The number of hydrogen-bond acceptors (Lipinski definition) is 5. The van der Waals surface area contributed by atoms with Gasteiger partial charge in [-0.15, -0.1) is 0 Å². The van der Waals surface area contributed by atoms with E-state index in [1.54, 1.807) is 12.3 Å². The first kappa shape index (κ1) is 17.2. The van der Waals surface area contributed by atoms with Crippen molar-refractivity contribution in [2.75, 3.05) is 13.1 Å². The molecular weight excluding hydrogens is 314 g/mol. The van der Waals surface area contributed by atoms with E-state index in [1.807, 2.05) is 6.07 Å². The summed E-state index contributed by atoms with van der Waals surface area (Å²) < 4.78 is 5.15. The predicted molar refractivity (Wildman–Crippen MR) is 85.5 cm³/mol. The molecule has 2 aromatic rings. The van der Waals surface area contributed by atoms with E-state index in [2.05, 4.69) is 10.6 Å². The molecule has 2 N–H and O–H groups in total. The highest BCUT2D eigenvalue weighted by Crippen LogP contribution is 2.11. The number of non-ortho nitro benzene ring substituents is 1. The van der Waals surface area contributed by atoms with Gasteiger partial charge in [0, 0.05) is 43.6 Å². The molecule has 0 spiro atoms. The van der Waals surface area contributed by atoms with Gasteiger partial charge in [0.05, 0.1) is 11.2 Å². The van der Waals surface area contributed by atoms with Crippen molar-refractivity contribution in [2.24, 2.45) is 0 Å². The normalized spacial score (nSPS) is 10.2. The summed E-state index contributed by atoms with van der Waals surface area (Å²) in [4.78, 5) is 33.5. The van der Waals surface area contributed by atoms with Gasteiger partial charge in [-0.3, -0.25) is 19.7 Å². The second-order valence-corrected chi connectivity index (χ2v) is 4.99. The maximum atomic E-state index is 11.9. The number of nitrogens with one attached hydrogen (secondary N) is 2. The average molecular weight is 331 g/mol. The van der Waals surface area contributed by atoms with Gasteiger partial charge in [-0.05, 0) is 24.3 Å². The molecule has 1 aromatic carbocycles. The molecule has 0 aliphatic rings. The summed E-state index contributed by atoms with van der Waals surface area (Å²) in [5.41, 5.74) is 0.223. The Kier molecular flexibility index (Phi) is 6.07. The summed E-state index contributed by atoms with van der Waals surface area (Å²) in [7, 11) is 0. The first-order chi connectivity index (χ1) is 11.6. The topological polar surface area (TPSA) is 114 Å². The number of amides is 2. The molecule has 0 atom stereocenters. The molecule has 126 valence electrons. The molecular formula is C16H17N3O5. The van der Waals surface area contributed by atoms with Crippen LogP contribution in [0, 0.1) is 10.1 Å². The van der Waals surface area contributed by atoms with E-state index in [4.69, 9.17) is 4.42 Å². The van der Waals surface area contributed by atoms with Crippen LogP contribution in [-0.4, -0.2) is 29.8 Å². The quantitative estimate of drug-likeness (QED) is 0.564. The standard InChI is InChI=1S/C16H17N3O5/c20-15(17-9-7-14-2-1-11-24-14)8-10-18-16(21)12-3-5-13(6-4-12)19(22)23/h1-6,11H,7-10H2,(H,17,20)(H,18,21). The van der Waals surface area contributed by atoms with Crippen molar-refractivity contribution in [3.63, 3.8) is 0 Å². The minimum Gasteiger partial charge on any atom is -0.469 e. The first-order valence-electron chi connectivity index (χ1n) is 7.38. The molecule has 0 aliphatic carbocycles. The summed E-state index contributed by atoms with van der Waals surface area (Å²) >= 11 is 0. The lowest BCUT2D eigenvalue weighted by Crippen LogP contribution is -2.31. The maximum Gasteiger partial charge on any atom is 0.269 e. The van der Waals surface area contributed by atoms with E-state index in [1.165, 1.54) is 24.3 Å². The molecule has 0 bridgehead atoms. The zero-order chi connectivity index (χ0) is 17.4. The van der Waals surface area contributed by atoms with Crippen LogP contribution in [0.3, 0.4) is 0 Å². The van der Waals surface area contributed by atoms with Crippen molar-refractivity contribution in [2.45, 2.75) is 12.8 Å². The molecule has 0 aliphatic heterocycles. The molecule has 8 nitrogen and oxygen atoms in total. The van der Waals surface area contributed by atoms with Crippen LogP contribution < -0.4 is 10.6 Å². The highest BCUT2D eigenvalue weighted by atomic mass is 16.6. The van der Waals surface area contributed by atoms with Gasteiger partial charge in [-0.1, -0.05) is 0 Å². The largest absolute Gasteiger partial charge is 0.469 e. The van der Waals surface area contributed by atoms with Crippen LogP contribution in [0.15, 0.2) is 47.1 Å². The number of nitro groups is 1. The van der Waals surface area contributed by atoms with Crippen molar-refractivity contribution in [3.8, 4) is 0 Å². The van der Waals surface area contributed by atoms with Crippen LogP contribution in [0.1, 0.15) is 22.5 Å². The van der Waals surface area contributed by atoms with Crippen molar-refractivity contribution in [3.05, 3.63) is 64.1 Å². The molecule has 1 heterocycles. The van der Waals surface area contributed by atoms with Crippen LogP contribution in [0.2, 0.25) is 0 Å². The Morgan fingerprint density at radius 3 is 2.46 bits per heavy atom. The number of carbonyl (C=O) groups excluding carboxylic acids is 2. The van der Waals surface area contributed by atoms with E-state index in [0.29, 0.717) is 18.5 Å². The van der Waals surface area contributed by atoms with E-state index in [0.717, 1.165) is 5.76 Å². The van der Waals surface area contributed by atoms with Crippen LogP contribution in [-0.2, 0) is 11.2 Å². The molecule has 2 amide bonds. The van der Waals surface area contributed by atoms with Crippen LogP contribution in [0.5, 0.6) is 0 Å². The minimum absolute atomic E-state index is 0.0810. The van der Waals surface area contributed by atoms with Gasteiger partial charge in [0.25, 0.3) is 11.6 Å². The summed E-state index contributed by atoms with van der Waals surface area (Å²) in [6.07, 6.45) is 2.33. The summed E-state index contributed by atoms with van der Waals surface area (Å²) in [6.45, 7) is 0.644. The van der Waals surface area contributed by atoms with E-state index < -0.39 is 4.92 Å². The lowest BCUT2D eigenvalue weighted by Gasteiger charge is -2.06. The average Bonchev–Trinajstić information content (AvgIpc) is 3.08. The number of carbonyl (C=O) groups is 2. The SMILES string of the molecule is O=C(CCNC(=O)c1ccc([N+](=O)[O-])cc1)NCCc1ccco1. The predicted octanol–water partition coefficient (Wildman–Crippen LogP) is 1.67. The van der Waals surface area contributed by atoms with Crippen molar-refractivity contribution in [1.29, 1.82) is 0 Å². The van der Waals surface area contributed by atoms with Gasteiger partial charge < -0.3 is 15.1 Å². The zero-order valence-corrected chi connectivity index (χ0v) is 12.9. The monoisotopic (exact) mass is 331 g/mol. The molecule has 8 heteroatoms. The first-order valence-corrected chi connectivity index (χ1v) is 7.38. The summed E-state index contributed by atoms with van der Waals surface area (Å²) in [5, 5.41) is 15.9. The highest BCUT2D eigenvalue weighted by Gasteiger charge is 2.09. The summed E-state index contributed by atoms with van der Waals surface area (Å²) in [6, 6.07) is 8.88. The third-order valence-electron chi connectivity index (χ3n) is 3.25. The fourth-order valence-corrected chi connectivity index (χ4v) is 1.99. The van der Waals surface area contributed by atoms with E-state index in [9.17, 15) is 19.7 Å². The third kappa shape index (κ3) is 5.24. The second kappa shape index (κ2) is 8.47. The van der Waals surface area contributed by atoms with Crippen LogP contribution >= 0.6 is 0 Å². The number of rotatable bonds is 8. The Hall–Kier alpha value is -3.16. The van der Waals surface area contributed by atoms with Gasteiger partial charge in [-0.25, -0.2) is 0 Å². The van der Waals surface area contributed by atoms with Gasteiger partial charge in [0.2, 0.25) is 5.91 Å². The molecule has 0 fully saturated rings. The number of furan rings is 1. The molecule has 24 heavy (non-hydrogen) atoms. The third-order valence-corrected chi connectivity index (χ3v) is 3.25. The van der Waals surface area contributed by atoms with E-state index in [-0.39, 0.29) is 30.5 Å². The van der Waals surface area contributed by atoms with Crippen molar-refractivity contribution >= 4 is 17.5 Å². The Morgan fingerprint density at radius 1 is 1.08 bits per heavy atom. The highest BCUT2D eigenvalue weighted by molar-refractivity contribution is 5.94. The molecule has 0 unspecified atom stereocenters. The fourth-order valence-electron chi connectivity index (χ4n) is 1.99. The molecule has 0 saturated carbocycles. The number of nitrogens with zero attached hydrogens (tertiary/aromatic N) is 1. The number of benzene rings is 1. The smallest absolute Gasteiger partial charge is 0.269 e. The maximum absolute atomic E-state index is 11.9. The number of hydrogen-bond donors (Lipinski definition) is 2. The summed E-state index contributed by atoms with van der Waals surface area (Å²) in [5.74, 6) is 0.237. The van der Waals surface area contributed by atoms with Crippen molar-refractivity contribution < 1.29 is 18.9 Å². The van der Waals surface area contributed by atoms with E-state index >= 15 is 0 Å². The number of nitro benzene ring substituents is 1. The lowest BCUT2D eigenvalue weighted by atomic mass is 10.2. The zero-order valence-electron chi connectivity index (χ0n) is 12.9. The molecule has 2 rings (SSSR count). The van der Waals surface area contributed by atoms with Gasteiger partial charge in [0.1, 0.15) is 5.76 Å². The fraction of sp³-hybridized carbons (Fsp3) is 0.250. The van der Waals surface area contributed by atoms with Gasteiger partial charge in [-0.2, -0.15) is 0 Å². The second-order valence-electron chi connectivity index (χ2n) is 4.99. The lowest BCUT2D eigenvalue weighted by molar-refractivity contribution is -0.384.